The number of rotatable bonds is 4. The molecule has 1 N–H and O–H groups in total. The SMILES string of the molecule is CC(NCc1cccnn1)c1ccc(Cl)s1. The van der Waals surface area contributed by atoms with E-state index in [4.69, 9.17) is 11.6 Å². The molecule has 3 nitrogen and oxygen atoms in total. The maximum atomic E-state index is 5.89. The monoisotopic (exact) mass is 253 g/mol. The molecule has 0 aliphatic rings. The first-order valence-corrected chi connectivity index (χ1v) is 6.20. The molecule has 2 heterocycles. The summed E-state index contributed by atoms with van der Waals surface area (Å²) in [6.45, 7) is 2.82. The van der Waals surface area contributed by atoms with Gasteiger partial charge in [0, 0.05) is 23.7 Å². The van der Waals surface area contributed by atoms with E-state index in [2.05, 4.69) is 22.4 Å². The van der Waals surface area contributed by atoms with E-state index in [9.17, 15) is 0 Å². The molecule has 1 atom stereocenters. The average Bonchev–Trinajstić information content (AvgIpc) is 2.74. The molecule has 16 heavy (non-hydrogen) atoms. The van der Waals surface area contributed by atoms with Crippen LogP contribution in [-0.2, 0) is 6.54 Å². The molecule has 0 spiro atoms. The van der Waals surface area contributed by atoms with Gasteiger partial charge in [-0.15, -0.1) is 11.3 Å². The molecule has 0 amide bonds. The zero-order valence-corrected chi connectivity index (χ0v) is 10.4. The Morgan fingerprint density at radius 2 is 2.31 bits per heavy atom. The van der Waals surface area contributed by atoms with Crippen molar-refractivity contribution in [3.05, 3.63) is 45.4 Å². The van der Waals surface area contributed by atoms with Crippen LogP contribution in [0.4, 0.5) is 0 Å². The highest BCUT2D eigenvalue weighted by Gasteiger charge is 2.07. The predicted molar refractivity (Wildman–Crippen MR) is 66.6 cm³/mol. The van der Waals surface area contributed by atoms with E-state index in [-0.39, 0.29) is 6.04 Å². The van der Waals surface area contributed by atoms with Crippen LogP contribution in [0, 0.1) is 0 Å². The Labute approximate surface area is 103 Å². The number of aromatic nitrogens is 2. The number of thiophene rings is 1. The molecular weight excluding hydrogens is 242 g/mol. The highest BCUT2D eigenvalue weighted by atomic mass is 35.5. The largest absolute Gasteiger partial charge is 0.304 e. The first-order chi connectivity index (χ1) is 7.75. The van der Waals surface area contributed by atoms with Gasteiger partial charge in [0.25, 0.3) is 0 Å². The van der Waals surface area contributed by atoms with E-state index in [0.29, 0.717) is 6.54 Å². The number of hydrogen-bond donors (Lipinski definition) is 1. The van der Waals surface area contributed by atoms with Gasteiger partial charge < -0.3 is 5.32 Å². The van der Waals surface area contributed by atoms with Crippen LogP contribution in [0.1, 0.15) is 23.5 Å². The van der Waals surface area contributed by atoms with Crippen LogP contribution in [0.5, 0.6) is 0 Å². The van der Waals surface area contributed by atoms with Gasteiger partial charge in [0.1, 0.15) is 0 Å². The van der Waals surface area contributed by atoms with Crippen molar-refractivity contribution in [2.24, 2.45) is 0 Å². The number of nitrogens with zero attached hydrogens (tertiary/aromatic N) is 2. The molecule has 0 saturated heterocycles. The van der Waals surface area contributed by atoms with Gasteiger partial charge >= 0.3 is 0 Å². The van der Waals surface area contributed by atoms with Gasteiger partial charge in [0.05, 0.1) is 10.0 Å². The molecule has 5 heteroatoms. The topological polar surface area (TPSA) is 37.8 Å². The van der Waals surface area contributed by atoms with Crippen LogP contribution in [0.25, 0.3) is 0 Å². The third-order valence-corrected chi connectivity index (χ3v) is 3.65. The minimum absolute atomic E-state index is 0.277. The molecule has 1 unspecified atom stereocenters. The van der Waals surface area contributed by atoms with E-state index in [1.54, 1.807) is 17.5 Å². The minimum Gasteiger partial charge on any atom is -0.304 e. The molecule has 0 radical (unpaired) electrons. The molecule has 2 rings (SSSR count). The highest BCUT2D eigenvalue weighted by Crippen LogP contribution is 2.26. The van der Waals surface area contributed by atoms with Crippen molar-refractivity contribution in [3.63, 3.8) is 0 Å². The molecule has 0 aromatic carbocycles. The van der Waals surface area contributed by atoms with Crippen molar-refractivity contribution >= 4 is 22.9 Å². The van der Waals surface area contributed by atoms with Crippen LogP contribution < -0.4 is 5.32 Å². The molecule has 0 aliphatic carbocycles. The van der Waals surface area contributed by atoms with E-state index < -0.39 is 0 Å². The van der Waals surface area contributed by atoms with Crippen molar-refractivity contribution < 1.29 is 0 Å². The van der Waals surface area contributed by atoms with E-state index >= 15 is 0 Å². The summed E-state index contributed by atoms with van der Waals surface area (Å²) >= 11 is 7.49. The maximum Gasteiger partial charge on any atom is 0.0931 e. The molecule has 84 valence electrons. The minimum atomic E-state index is 0.277. The van der Waals surface area contributed by atoms with Gasteiger partial charge in [0.15, 0.2) is 0 Å². The maximum absolute atomic E-state index is 5.89. The third-order valence-electron chi connectivity index (χ3n) is 2.24. The molecule has 0 bridgehead atoms. The van der Waals surface area contributed by atoms with Crippen molar-refractivity contribution in [2.75, 3.05) is 0 Å². The first kappa shape index (κ1) is 11.5. The summed E-state index contributed by atoms with van der Waals surface area (Å²) in [6, 6.07) is 8.08. The summed E-state index contributed by atoms with van der Waals surface area (Å²) in [4.78, 5) is 1.23. The normalized spacial score (nSPS) is 12.6. The fraction of sp³-hybridized carbons (Fsp3) is 0.273. The van der Waals surface area contributed by atoms with Crippen LogP contribution in [-0.4, -0.2) is 10.2 Å². The van der Waals surface area contributed by atoms with Gasteiger partial charge in [0.2, 0.25) is 0 Å². The third kappa shape index (κ3) is 3.01. The lowest BCUT2D eigenvalue weighted by Crippen LogP contribution is -2.17. The molecule has 0 fully saturated rings. The van der Waals surface area contributed by atoms with E-state index in [1.807, 2.05) is 24.3 Å². The Hall–Kier alpha value is -0.970. The zero-order valence-electron chi connectivity index (χ0n) is 8.85. The fourth-order valence-electron chi connectivity index (χ4n) is 1.35. The summed E-state index contributed by atoms with van der Waals surface area (Å²) in [5.74, 6) is 0. The average molecular weight is 254 g/mol. The summed E-state index contributed by atoms with van der Waals surface area (Å²) in [7, 11) is 0. The van der Waals surface area contributed by atoms with Crippen molar-refractivity contribution in [2.45, 2.75) is 19.5 Å². The summed E-state index contributed by atoms with van der Waals surface area (Å²) in [5, 5.41) is 11.2. The van der Waals surface area contributed by atoms with Crippen LogP contribution in [0.2, 0.25) is 4.34 Å². The Balaban J connectivity index is 1.91. The Kier molecular flexibility index (Phi) is 3.88. The molecule has 0 aliphatic heterocycles. The number of nitrogens with one attached hydrogen (secondary N) is 1. The van der Waals surface area contributed by atoms with Gasteiger partial charge in [-0.1, -0.05) is 11.6 Å². The molecule has 0 saturated carbocycles. The number of hydrogen-bond acceptors (Lipinski definition) is 4. The van der Waals surface area contributed by atoms with Crippen molar-refractivity contribution in [1.82, 2.24) is 15.5 Å². The van der Waals surface area contributed by atoms with E-state index in [0.717, 1.165) is 10.0 Å². The lowest BCUT2D eigenvalue weighted by Gasteiger charge is -2.10. The second kappa shape index (κ2) is 5.39. The number of halogens is 1. The molecule has 2 aromatic rings. The molecular formula is C11H12ClN3S. The Morgan fingerprint density at radius 1 is 1.44 bits per heavy atom. The Morgan fingerprint density at radius 3 is 2.94 bits per heavy atom. The van der Waals surface area contributed by atoms with Gasteiger partial charge in [-0.3, -0.25) is 0 Å². The quantitative estimate of drug-likeness (QED) is 0.910. The lowest BCUT2D eigenvalue weighted by molar-refractivity contribution is 0.571. The zero-order chi connectivity index (χ0) is 11.4. The fourth-order valence-corrected chi connectivity index (χ4v) is 2.43. The first-order valence-electron chi connectivity index (χ1n) is 5.01. The van der Waals surface area contributed by atoms with Crippen LogP contribution in [0.15, 0.2) is 30.5 Å². The van der Waals surface area contributed by atoms with E-state index in [1.165, 1.54) is 4.88 Å². The lowest BCUT2D eigenvalue weighted by atomic mass is 10.2. The predicted octanol–water partition coefficient (Wildman–Crippen LogP) is 3.04. The van der Waals surface area contributed by atoms with Crippen molar-refractivity contribution in [1.29, 1.82) is 0 Å². The van der Waals surface area contributed by atoms with Crippen LogP contribution in [0.3, 0.4) is 0 Å². The second-order valence-corrected chi connectivity index (χ2v) is 5.21. The smallest absolute Gasteiger partial charge is 0.0931 e. The van der Waals surface area contributed by atoms with Gasteiger partial charge in [-0.05, 0) is 31.2 Å². The van der Waals surface area contributed by atoms with Crippen LogP contribution >= 0.6 is 22.9 Å². The second-order valence-electron chi connectivity index (χ2n) is 3.46. The molecule has 2 aromatic heterocycles. The summed E-state index contributed by atoms with van der Waals surface area (Å²) < 4.78 is 0.822. The standard InChI is InChI=1S/C11H12ClN3S/c1-8(10-4-5-11(12)16-10)13-7-9-3-2-6-14-15-9/h2-6,8,13H,7H2,1H3. The summed E-state index contributed by atoms with van der Waals surface area (Å²) in [6.07, 6.45) is 1.67. The van der Waals surface area contributed by atoms with Gasteiger partial charge in [-0.2, -0.15) is 10.2 Å². The summed E-state index contributed by atoms with van der Waals surface area (Å²) in [5.41, 5.74) is 0.942. The van der Waals surface area contributed by atoms with Crippen molar-refractivity contribution in [3.8, 4) is 0 Å². The highest BCUT2D eigenvalue weighted by molar-refractivity contribution is 7.16. The Bertz CT molecular complexity index is 444. The van der Waals surface area contributed by atoms with Gasteiger partial charge in [-0.25, -0.2) is 0 Å².